The highest BCUT2D eigenvalue weighted by molar-refractivity contribution is 5.81. The van der Waals surface area contributed by atoms with Gasteiger partial charge in [0.15, 0.2) is 0 Å². The SMILES string of the molecule is CC(C)OC(=O)[C@@H]1CCN(C(=O)CC(C)n2cncn2)[C@@H]1c1ccc(F)cc1. The van der Waals surface area contributed by atoms with Crippen LogP contribution >= 0.6 is 0 Å². The summed E-state index contributed by atoms with van der Waals surface area (Å²) in [7, 11) is 0. The van der Waals surface area contributed by atoms with E-state index in [2.05, 4.69) is 10.1 Å². The van der Waals surface area contributed by atoms with E-state index in [1.165, 1.54) is 18.5 Å². The van der Waals surface area contributed by atoms with Crippen molar-refractivity contribution in [3.05, 3.63) is 48.3 Å². The highest BCUT2D eigenvalue weighted by Gasteiger charge is 2.43. The number of benzene rings is 1. The summed E-state index contributed by atoms with van der Waals surface area (Å²) in [5, 5.41) is 4.08. The molecule has 8 heteroatoms. The zero-order chi connectivity index (χ0) is 20.3. The predicted octanol–water partition coefficient (Wildman–Crippen LogP) is 2.91. The second kappa shape index (κ2) is 8.50. The molecule has 1 aromatic heterocycles. The predicted molar refractivity (Wildman–Crippen MR) is 99.5 cm³/mol. The lowest BCUT2D eigenvalue weighted by atomic mass is 9.93. The van der Waals surface area contributed by atoms with Crippen molar-refractivity contribution in [2.45, 2.75) is 51.8 Å². The average molecular weight is 388 g/mol. The van der Waals surface area contributed by atoms with Gasteiger partial charge in [-0.05, 0) is 44.9 Å². The van der Waals surface area contributed by atoms with Crippen LogP contribution in [0.3, 0.4) is 0 Å². The summed E-state index contributed by atoms with van der Waals surface area (Å²) in [5.74, 6) is -1.25. The number of amides is 1. The van der Waals surface area contributed by atoms with E-state index < -0.39 is 12.0 Å². The molecule has 0 radical (unpaired) electrons. The number of ether oxygens (including phenoxy) is 1. The van der Waals surface area contributed by atoms with Gasteiger partial charge in [-0.3, -0.25) is 9.59 Å². The molecule has 0 saturated carbocycles. The Morgan fingerprint density at radius 2 is 1.96 bits per heavy atom. The summed E-state index contributed by atoms with van der Waals surface area (Å²) < 4.78 is 20.4. The zero-order valence-corrected chi connectivity index (χ0v) is 16.3. The number of carbonyl (C=O) groups is 2. The molecule has 1 unspecified atom stereocenters. The van der Waals surface area contributed by atoms with Crippen molar-refractivity contribution in [1.29, 1.82) is 0 Å². The number of esters is 1. The maximum Gasteiger partial charge on any atom is 0.311 e. The fourth-order valence-electron chi connectivity index (χ4n) is 3.62. The van der Waals surface area contributed by atoms with Gasteiger partial charge in [0.25, 0.3) is 0 Å². The third kappa shape index (κ3) is 4.37. The summed E-state index contributed by atoms with van der Waals surface area (Å²) in [6.07, 6.45) is 3.50. The summed E-state index contributed by atoms with van der Waals surface area (Å²) in [4.78, 5) is 31.3. The molecular formula is C20H25FN4O3. The topological polar surface area (TPSA) is 77.3 Å². The third-order valence-electron chi connectivity index (χ3n) is 4.94. The second-order valence-corrected chi connectivity index (χ2v) is 7.39. The Morgan fingerprint density at radius 3 is 2.57 bits per heavy atom. The van der Waals surface area contributed by atoms with Crippen LogP contribution in [0.2, 0.25) is 0 Å². The number of hydrogen-bond donors (Lipinski definition) is 0. The molecule has 2 aromatic rings. The van der Waals surface area contributed by atoms with Gasteiger partial charge in [0.1, 0.15) is 18.5 Å². The van der Waals surface area contributed by atoms with Crippen LogP contribution in [-0.2, 0) is 14.3 Å². The Balaban J connectivity index is 1.83. The van der Waals surface area contributed by atoms with E-state index in [9.17, 15) is 14.0 Å². The molecule has 1 amide bonds. The van der Waals surface area contributed by atoms with Gasteiger partial charge in [-0.1, -0.05) is 12.1 Å². The van der Waals surface area contributed by atoms with Crippen molar-refractivity contribution in [2.24, 2.45) is 5.92 Å². The van der Waals surface area contributed by atoms with Crippen molar-refractivity contribution in [2.75, 3.05) is 6.54 Å². The Hall–Kier alpha value is -2.77. The first-order valence-electron chi connectivity index (χ1n) is 9.46. The molecule has 0 aliphatic carbocycles. The number of nitrogens with zero attached hydrogens (tertiary/aromatic N) is 4. The second-order valence-electron chi connectivity index (χ2n) is 7.39. The van der Waals surface area contributed by atoms with Crippen LogP contribution in [-0.4, -0.2) is 44.2 Å². The highest BCUT2D eigenvalue weighted by Crippen LogP contribution is 2.39. The standard InChI is InChI=1S/C20H25FN4O3/c1-13(2)28-20(27)17-8-9-24(19(17)15-4-6-16(21)7-5-15)18(26)10-14(3)25-12-22-11-23-25/h4-7,11-14,17,19H,8-10H2,1-3H3/t14?,17-,19-/m1/s1. The third-order valence-corrected chi connectivity index (χ3v) is 4.94. The molecule has 1 fully saturated rings. The van der Waals surface area contributed by atoms with Gasteiger partial charge in [0.05, 0.1) is 24.1 Å². The number of likely N-dealkylation sites (tertiary alicyclic amines) is 1. The van der Waals surface area contributed by atoms with Crippen LogP contribution in [0.15, 0.2) is 36.9 Å². The molecule has 3 atom stereocenters. The molecule has 1 saturated heterocycles. The quantitative estimate of drug-likeness (QED) is 0.711. The van der Waals surface area contributed by atoms with Crippen molar-refractivity contribution in [1.82, 2.24) is 19.7 Å². The number of rotatable bonds is 6. The minimum absolute atomic E-state index is 0.0860. The van der Waals surface area contributed by atoms with Gasteiger partial charge in [0.2, 0.25) is 5.91 Å². The van der Waals surface area contributed by atoms with E-state index in [-0.39, 0.29) is 36.3 Å². The maximum atomic E-state index is 13.4. The number of aromatic nitrogens is 3. The van der Waals surface area contributed by atoms with Crippen LogP contribution in [0.1, 0.15) is 51.3 Å². The van der Waals surface area contributed by atoms with Crippen molar-refractivity contribution in [3.63, 3.8) is 0 Å². The molecule has 0 bridgehead atoms. The lowest BCUT2D eigenvalue weighted by Gasteiger charge is -2.29. The normalized spacial score (nSPS) is 20.4. The van der Waals surface area contributed by atoms with Crippen LogP contribution in [0.25, 0.3) is 0 Å². The summed E-state index contributed by atoms with van der Waals surface area (Å²) in [6.45, 7) is 5.92. The van der Waals surface area contributed by atoms with E-state index in [4.69, 9.17) is 4.74 Å². The average Bonchev–Trinajstić information content (AvgIpc) is 3.32. The minimum Gasteiger partial charge on any atom is -0.463 e. The summed E-state index contributed by atoms with van der Waals surface area (Å²) in [5.41, 5.74) is 0.728. The molecule has 0 spiro atoms. The maximum absolute atomic E-state index is 13.4. The van der Waals surface area contributed by atoms with Crippen molar-refractivity contribution < 1.29 is 18.7 Å². The fraction of sp³-hybridized carbons (Fsp3) is 0.500. The van der Waals surface area contributed by atoms with Gasteiger partial charge in [-0.2, -0.15) is 5.10 Å². The molecule has 2 heterocycles. The smallest absolute Gasteiger partial charge is 0.311 e. The van der Waals surface area contributed by atoms with Crippen molar-refractivity contribution in [3.8, 4) is 0 Å². The molecule has 7 nitrogen and oxygen atoms in total. The Bertz CT molecular complexity index is 807. The minimum atomic E-state index is -0.474. The first-order valence-corrected chi connectivity index (χ1v) is 9.46. The molecule has 1 aliphatic rings. The first kappa shape index (κ1) is 20.0. The van der Waals surface area contributed by atoms with E-state index in [1.54, 1.807) is 41.9 Å². The molecule has 3 rings (SSSR count). The molecule has 1 aromatic carbocycles. The van der Waals surface area contributed by atoms with Crippen molar-refractivity contribution >= 4 is 11.9 Å². The van der Waals surface area contributed by atoms with Crippen LogP contribution in [0.4, 0.5) is 4.39 Å². The number of carbonyl (C=O) groups excluding carboxylic acids is 2. The number of hydrogen-bond acceptors (Lipinski definition) is 5. The van der Waals surface area contributed by atoms with Gasteiger partial charge in [-0.15, -0.1) is 0 Å². The first-order chi connectivity index (χ1) is 13.4. The zero-order valence-electron chi connectivity index (χ0n) is 16.3. The Kier molecular flexibility index (Phi) is 6.06. The summed E-state index contributed by atoms with van der Waals surface area (Å²) in [6, 6.07) is 5.32. The van der Waals surface area contributed by atoms with E-state index in [0.29, 0.717) is 13.0 Å². The highest BCUT2D eigenvalue weighted by atomic mass is 19.1. The Morgan fingerprint density at radius 1 is 1.25 bits per heavy atom. The van der Waals surface area contributed by atoms with Crippen LogP contribution < -0.4 is 0 Å². The van der Waals surface area contributed by atoms with Gasteiger partial charge in [-0.25, -0.2) is 14.1 Å². The molecule has 28 heavy (non-hydrogen) atoms. The lowest BCUT2D eigenvalue weighted by molar-refractivity contribution is -0.153. The summed E-state index contributed by atoms with van der Waals surface area (Å²) >= 11 is 0. The lowest BCUT2D eigenvalue weighted by Crippen LogP contribution is -2.35. The fourth-order valence-corrected chi connectivity index (χ4v) is 3.62. The largest absolute Gasteiger partial charge is 0.463 e. The molecule has 0 N–H and O–H groups in total. The van der Waals surface area contributed by atoms with E-state index >= 15 is 0 Å². The van der Waals surface area contributed by atoms with E-state index in [0.717, 1.165) is 5.56 Å². The molecular weight excluding hydrogens is 363 g/mol. The van der Waals surface area contributed by atoms with E-state index in [1.807, 2.05) is 6.92 Å². The van der Waals surface area contributed by atoms with Crippen LogP contribution in [0.5, 0.6) is 0 Å². The molecule has 1 aliphatic heterocycles. The van der Waals surface area contributed by atoms with Crippen LogP contribution in [0, 0.1) is 11.7 Å². The van der Waals surface area contributed by atoms with Gasteiger partial charge in [0, 0.05) is 13.0 Å². The van der Waals surface area contributed by atoms with Gasteiger partial charge < -0.3 is 9.64 Å². The molecule has 150 valence electrons. The van der Waals surface area contributed by atoms with Gasteiger partial charge >= 0.3 is 5.97 Å². The monoisotopic (exact) mass is 388 g/mol. The Labute approximate surface area is 163 Å². The number of halogens is 1.